The molecule has 0 bridgehead atoms. The van der Waals surface area contributed by atoms with Gasteiger partial charge in [-0.15, -0.1) is 0 Å². The van der Waals surface area contributed by atoms with E-state index in [0.29, 0.717) is 5.88 Å². The highest BCUT2D eigenvalue weighted by Crippen LogP contribution is 2.31. The SMILES string of the molecule is CCCNC(C)c1cccnc1Oc1ccccc1Br. The van der Waals surface area contributed by atoms with E-state index in [0.717, 1.165) is 28.8 Å². The molecule has 2 aromatic rings. The predicted octanol–water partition coefficient (Wildman–Crippen LogP) is 4.70. The maximum atomic E-state index is 5.94. The monoisotopic (exact) mass is 334 g/mol. The molecule has 1 N–H and O–H groups in total. The summed E-state index contributed by atoms with van der Waals surface area (Å²) in [5.74, 6) is 1.42. The minimum atomic E-state index is 0.209. The highest BCUT2D eigenvalue weighted by molar-refractivity contribution is 9.10. The third kappa shape index (κ3) is 3.81. The molecule has 0 aliphatic carbocycles. The molecule has 0 saturated carbocycles. The summed E-state index contributed by atoms with van der Waals surface area (Å²) in [6, 6.07) is 12.0. The summed E-state index contributed by atoms with van der Waals surface area (Å²) in [5, 5.41) is 3.46. The number of para-hydroxylation sites is 1. The molecule has 0 aliphatic rings. The second-order valence-corrected chi connectivity index (χ2v) is 5.46. The van der Waals surface area contributed by atoms with Gasteiger partial charge in [-0.05, 0) is 54.0 Å². The molecule has 0 radical (unpaired) electrons. The number of nitrogens with one attached hydrogen (secondary N) is 1. The summed E-state index contributed by atoms with van der Waals surface area (Å²) in [6.45, 7) is 5.26. The summed E-state index contributed by atoms with van der Waals surface area (Å²) >= 11 is 3.49. The Kier molecular flexibility index (Phi) is 5.56. The van der Waals surface area contributed by atoms with Gasteiger partial charge in [0.2, 0.25) is 5.88 Å². The molecule has 106 valence electrons. The van der Waals surface area contributed by atoms with Crippen molar-refractivity contribution in [2.45, 2.75) is 26.3 Å². The molecular weight excluding hydrogens is 316 g/mol. The fraction of sp³-hybridized carbons (Fsp3) is 0.312. The van der Waals surface area contributed by atoms with Crippen LogP contribution < -0.4 is 10.1 Å². The van der Waals surface area contributed by atoms with Gasteiger partial charge in [0.25, 0.3) is 0 Å². The Morgan fingerprint density at radius 1 is 1.25 bits per heavy atom. The number of rotatable bonds is 6. The number of ether oxygens (including phenoxy) is 1. The lowest BCUT2D eigenvalue weighted by Gasteiger charge is -2.17. The van der Waals surface area contributed by atoms with Crippen molar-refractivity contribution in [2.75, 3.05) is 6.54 Å². The average molecular weight is 335 g/mol. The molecule has 1 heterocycles. The van der Waals surface area contributed by atoms with Crippen molar-refractivity contribution in [1.82, 2.24) is 10.3 Å². The second kappa shape index (κ2) is 7.41. The lowest BCUT2D eigenvalue weighted by atomic mass is 10.1. The van der Waals surface area contributed by atoms with E-state index in [1.165, 1.54) is 0 Å². The second-order valence-electron chi connectivity index (χ2n) is 4.61. The Morgan fingerprint density at radius 2 is 2.05 bits per heavy atom. The van der Waals surface area contributed by atoms with Crippen molar-refractivity contribution in [3.63, 3.8) is 0 Å². The molecule has 0 fully saturated rings. The van der Waals surface area contributed by atoms with E-state index >= 15 is 0 Å². The molecular formula is C16H19BrN2O. The molecule has 0 amide bonds. The van der Waals surface area contributed by atoms with Gasteiger partial charge in [0.05, 0.1) is 4.47 Å². The van der Waals surface area contributed by atoms with Crippen molar-refractivity contribution >= 4 is 15.9 Å². The number of nitrogens with zero attached hydrogens (tertiary/aromatic N) is 1. The fourth-order valence-corrected chi connectivity index (χ4v) is 2.29. The molecule has 4 heteroatoms. The molecule has 0 saturated heterocycles. The molecule has 2 rings (SSSR count). The van der Waals surface area contributed by atoms with Crippen LogP contribution in [0.1, 0.15) is 31.9 Å². The zero-order chi connectivity index (χ0) is 14.4. The van der Waals surface area contributed by atoms with E-state index in [-0.39, 0.29) is 6.04 Å². The van der Waals surface area contributed by atoms with Crippen LogP contribution in [0.2, 0.25) is 0 Å². The van der Waals surface area contributed by atoms with Crippen LogP contribution in [0.4, 0.5) is 0 Å². The fourth-order valence-electron chi connectivity index (χ4n) is 1.92. The maximum absolute atomic E-state index is 5.94. The number of hydrogen-bond donors (Lipinski definition) is 1. The Balaban J connectivity index is 2.22. The number of pyridine rings is 1. The summed E-state index contributed by atoms with van der Waals surface area (Å²) in [7, 11) is 0. The van der Waals surface area contributed by atoms with E-state index in [1.54, 1.807) is 6.20 Å². The van der Waals surface area contributed by atoms with E-state index in [9.17, 15) is 0 Å². The first-order valence-corrected chi connectivity index (χ1v) is 7.62. The molecule has 1 unspecified atom stereocenters. The van der Waals surface area contributed by atoms with Gasteiger partial charge in [-0.2, -0.15) is 0 Å². The zero-order valence-electron chi connectivity index (χ0n) is 11.8. The molecule has 0 aliphatic heterocycles. The molecule has 1 aromatic heterocycles. The van der Waals surface area contributed by atoms with E-state index in [4.69, 9.17) is 4.74 Å². The van der Waals surface area contributed by atoms with Gasteiger partial charge in [0, 0.05) is 17.8 Å². The Labute approximate surface area is 128 Å². The van der Waals surface area contributed by atoms with Crippen LogP contribution in [-0.4, -0.2) is 11.5 Å². The number of benzene rings is 1. The van der Waals surface area contributed by atoms with Gasteiger partial charge >= 0.3 is 0 Å². The van der Waals surface area contributed by atoms with Crippen LogP contribution in [0.5, 0.6) is 11.6 Å². The Hall–Kier alpha value is -1.39. The quantitative estimate of drug-likeness (QED) is 0.831. The number of aromatic nitrogens is 1. The molecule has 3 nitrogen and oxygen atoms in total. The highest BCUT2D eigenvalue weighted by Gasteiger charge is 2.13. The van der Waals surface area contributed by atoms with Gasteiger partial charge in [-0.3, -0.25) is 0 Å². The maximum Gasteiger partial charge on any atom is 0.224 e. The van der Waals surface area contributed by atoms with Crippen molar-refractivity contribution in [2.24, 2.45) is 0 Å². The minimum Gasteiger partial charge on any atom is -0.437 e. The van der Waals surface area contributed by atoms with Crippen molar-refractivity contribution in [3.05, 3.63) is 52.6 Å². The smallest absolute Gasteiger partial charge is 0.224 e. The highest BCUT2D eigenvalue weighted by atomic mass is 79.9. The lowest BCUT2D eigenvalue weighted by molar-refractivity contribution is 0.440. The van der Waals surface area contributed by atoms with Crippen LogP contribution in [0.15, 0.2) is 47.1 Å². The third-order valence-electron chi connectivity index (χ3n) is 3.01. The molecule has 1 atom stereocenters. The first kappa shape index (κ1) is 15.0. The van der Waals surface area contributed by atoms with Crippen LogP contribution in [0, 0.1) is 0 Å². The van der Waals surface area contributed by atoms with Crippen LogP contribution in [0.25, 0.3) is 0 Å². The van der Waals surface area contributed by atoms with Gasteiger partial charge in [-0.25, -0.2) is 4.98 Å². The Morgan fingerprint density at radius 3 is 2.80 bits per heavy atom. The minimum absolute atomic E-state index is 0.209. The predicted molar refractivity (Wildman–Crippen MR) is 85.2 cm³/mol. The third-order valence-corrected chi connectivity index (χ3v) is 3.67. The Bertz CT molecular complexity index is 560. The van der Waals surface area contributed by atoms with E-state index in [2.05, 4.69) is 40.1 Å². The first-order valence-electron chi connectivity index (χ1n) is 6.83. The van der Waals surface area contributed by atoms with Crippen molar-refractivity contribution < 1.29 is 4.74 Å². The summed E-state index contributed by atoms with van der Waals surface area (Å²) in [5.41, 5.74) is 1.07. The van der Waals surface area contributed by atoms with Crippen LogP contribution in [0.3, 0.4) is 0 Å². The summed E-state index contributed by atoms with van der Waals surface area (Å²) in [6.07, 6.45) is 2.85. The summed E-state index contributed by atoms with van der Waals surface area (Å²) in [4.78, 5) is 4.36. The normalized spacial score (nSPS) is 12.2. The number of hydrogen-bond acceptors (Lipinski definition) is 3. The molecule has 1 aromatic carbocycles. The van der Waals surface area contributed by atoms with Crippen molar-refractivity contribution in [1.29, 1.82) is 0 Å². The van der Waals surface area contributed by atoms with Gasteiger partial charge in [0.15, 0.2) is 0 Å². The van der Waals surface area contributed by atoms with Gasteiger partial charge in [-0.1, -0.05) is 25.1 Å². The summed E-state index contributed by atoms with van der Waals surface area (Å²) < 4.78 is 6.87. The van der Waals surface area contributed by atoms with Crippen molar-refractivity contribution in [3.8, 4) is 11.6 Å². The molecule has 20 heavy (non-hydrogen) atoms. The van der Waals surface area contributed by atoms with Crippen LogP contribution in [-0.2, 0) is 0 Å². The largest absolute Gasteiger partial charge is 0.437 e. The molecule has 0 spiro atoms. The standard InChI is InChI=1S/C16H19BrN2O/c1-3-10-18-12(2)13-7-6-11-19-16(13)20-15-9-5-4-8-14(15)17/h4-9,11-12,18H,3,10H2,1-2H3. The van der Waals surface area contributed by atoms with E-state index < -0.39 is 0 Å². The first-order chi connectivity index (χ1) is 9.72. The number of halogens is 1. The van der Waals surface area contributed by atoms with E-state index in [1.807, 2.05) is 36.4 Å². The van der Waals surface area contributed by atoms with Gasteiger partial charge < -0.3 is 10.1 Å². The zero-order valence-corrected chi connectivity index (χ0v) is 13.4. The average Bonchev–Trinajstić information content (AvgIpc) is 2.48. The topological polar surface area (TPSA) is 34.2 Å². The van der Waals surface area contributed by atoms with Crippen LogP contribution >= 0.6 is 15.9 Å². The van der Waals surface area contributed by atoms with Gasteiger partial charge in [0.1, 0.15) is 5.75 Å². The lowest BCUT2D eigenvalue weighted by Crippen LogP contribution is -2.20.